The first-order chi connectivity index (χ1) is 15.0. The van der Waals surface area contributed by atoms with E-state index in [9.17, 15) is 15.0 Å². The lowest BCUT2D eigenvalue weighted by Crippen LogP contribution is -2.38. The molecular formula is C21H22N6O3S. The number of aromatic nitrogens is 4. The normalized spacial score (nSPS) is 13.1. The number of aromatic amines is 1. The van der Waals surface area contributed by atoms with E-state index in [1.807, 2.05) is 55.5 Å². The summed E-state index contributed by atoms with van der Waals surface area (Å²) in [5.74, 6) is 0.372. The molecule has 2 unspecified atom stereocenters. The summed E-state index contributed by atoms with van der Waals surface area (Å²) in [6.07, 6.45) is -1.01. The average Bonchev–Trinajstić information content (AvgIpc) is 3.25. The lowest BCUT2D eigenvalue weighted by atomic mass is 10.1. The van der Waals surface area contributed by atoms with Crippen molar-refractivity contribution >= 4 is 39.1 Å². The van der Waals surface area contributed by atoms with Gasteiger partial charge in [-0.15, -0.1) is 11.3 Å². The third kappa shape index (κ3) is 4.88. The summed E-state index contributed by atoms with van der Waals surface area (Å²) >= 11 is 1.52. The first-order valence-electron chi connectivity index (χ1n) is 9.72. The molecule has 0 aliphatic heterocycles. The monoisotopic (exact) mass is 438 g/mol. The molecule has 2 heterocycles. The van der Waals surface area contributed by atoms with Crippen molar-refractivity contribution in [3.05, 3.63) is 70.1 Å². The molecule has 0 saturated heterocycles. The number of H-pyrrole nitrogens is 1. The highest BCUT2D eigenvalue weighted by Gasteiger charge is 2.23. The molecule has 10 heteroatoms. The maximum atomic E-state index is 12.3. The van der Waals surface area contributed by atoms with Crippen LogP contribution in [-0.4, -0.2) is 49.4 Å². The second-order valence-corrected chi connectivity index (χ2v) is 7.92. The van der Waals surface area contributed by atoms with Gasteiger partial charge in [-0.25, -0.2) is 9.78 Å². The molecule has 0 saturated carbocycles. The summed E-state index contributed by atoms with van der Waals surface area (Å²) in [4.78, 5) is 29.3. The molecule has 2 aromatic heterocycles. The standard InChI is InChI=1S/C21H22N6O3S/c1-13(14-5-3-2-4-6-14)27(10-16(29)11-28)20-24-19(25-21(30)26-20)23-15-7-8-17-18(9-15)31-12-22-17/h2-9,12-13,16,28-29H,10-11H2,1H3,(H2,23,24,25,26,30). The SMILES string of the molecule is CC(c1ccccc1)N(CC(O)CO)c1nc(Nc2ccc3ncsc3c2)[nH]c(=O)n1. The molecule has 2 atom stereocenters. The van der Waals surface area contributed by atoms with Gasteiger partial charge < -0.3 is 20.4 Å². The number of anilines is 3. The number of rotatable bonds is 8. The molecule has 0 bridgehead atoms. The summed E-state index contributed by atoms with van der Waals surface area (Å²) in [5, 5.41) is 22.5. The van der Waals surface area contributed by atoms with E-state index in [-0.39, 0.29) is 24.5 Å². The Kier molecular flexibility index (Phi) is 6.21. The van der Waals surface area contributed by atoms with E-state index in [4.69, 9.17) is 0 Å². The van der Waals surface area contributed by atoms with Gasteiger partial charge in [0.1, 0.15) is 0 Å². The van der Waals surface area contributed by atoms with Gasteiger partial charge in [-0.05, 0) is 30.7 Å². The minimum Gasteiger partial charge on any atom is -0.394 e. The van der Waals surface area contributed by atoms with Crippen LogP contribution < -0.4 is 15.9 Å². The van der Waals surface area contributed by atoms with Crippen LogP contribution in [-0.2, 0) is 0 Å². The summed E-state index contributed by atoms with van der Waals surface area (Å²) in [5.41, 5.74) is 3.80. The summed E-state index contributed by atoms with van der Waals surface area (Å²) in [6, 6.07) is 15.0. The fourth-order valence-corrected chi connectivity index (χ4v) is 3.96. The first kappa shape index (κ1) is 20.9. The largest absolute Gasteiger partial charge is 0.394 e. The van der Waals surface area contributed by atoms with Gasteiger partial charge in [-0.2, -0.15) is 9.97 Å². The molecule has 9 nitrogen and oxygen atoms in total. The first-order valence-corrected chi connectivity index (χ1v) is 10.6. The van der Waals surface area contributed by atoms with Crippen molar-refractivity contribution in [2.75, 3.05) is 23.4 Å². The molecular weight excluding hydrogens is 416 g/mol. The van der Waals surface area contributed by atoms with Crippen LogP contribution in [0, 0.1) is 0 Å². The summed E-state index contributed by atoms with van der Waals surface area (Å²) in [6.45, 7) is 1.57. The highest BCUT2D eigenvalue weighted by Crippen LogP contribution is 2.26. The molecule has 2 aromatic carbocycles. The van der Waals surface area contributed by atoms with E-state index in [0.29, 0.717) is 0 Å². The lowest BCUT2D eigenvalue weighted by molar-refractivity contribution is 0.0982. The van der Waals surface area contributed by atoms with E-state index in [2.05, 4.69) is 25.3 Å². The van der Waals surface area contributed by atoms with Gasteiger partial charge in [0, 0.05) is 12.2 Å². The Labute approximate surface area is 182 Å². The number of hydrogen-bond acceptors (Lipinski definition) is 9. The molecule has 0 aliphatic carbocycles. The van der Waals surface area contributed by atoms with Gasteiger partial charge in [0.15, 0.2) is 0 Å². The predicted octanol–water partition coefficient (Wildman–Crippen LogP) is 2.44. The van der Waals surface area contributed by atoms with Gasteiger partial charge in [0.2, 0.25) is 11.9 Å². The quantitative estimate of drug-likeness (QED) is 0.330. The maximum Gasteiger partial charge on any atom is 0.351 e. The van der Waals surface area contributed by atoms with Crippen LogP contribution in [0.2, 0.25) is 0 Å². The van der Waals surface area contributed by atoms with Crippen LogP contribution in [0.4, 0.5) is 17.6 Å². The zero-order chi connectivity index (χ0) is 21.8. The van der Waals surface area contributed by atoms with Gasteiger partial charge in [0.05, 0.1) is 34.5 Å². The number of fused-ring (bicyclic) bond motifs is 1. The van der Waals surface area contributed by atoms with Crippen molar-refractivity contribution in [1.29, 1.82) is 0 Å². The van der Waals surface area contributed by atoms with E-state index >= 15 is 0 Å². The van der Waals surface area contributed by atoms with E-state index in [0.717, 1.165) is 21.5 Å². The van der Waals surface area contributed by atoms with Crippen molar-refractivity contribution in [1.82, 2.24) is 19.9 Å². The number of aliphatic hydroxyl groups is 2. The number of nitrogens with one attached hydrogen (secondary N) is 2. The topological polar surface area (TPSA) is 127 Å². The number of hydrogen-bond donors (Lipinski definition) is 4. The third-order valence-corrected chi connectivity index (χ3v) is 5.65. The number of thiazole rings is 1. The molecule has 0 fully saturated rings. The predicted molar refractivity (Wildman–Crippen MR) is 121 cm³/mol. The van der Waals surface area contributed by atoms with Crippen molar-refractivity contribution in [3.8, 4) is 0 Å². The second kappa shape index (κ2) is 9.21. The Morgan fingerprint density at radius 1 is 1.19 bits per heavy atom. The zero-order valence-corrected chi connectivity index (χ0v) is 17.6. The summed E-state index contributed by atoms with van der Waals surface area (Å²) in [7, 11) is 0. The van der Waals surface area contributed by atoms with Crippen LogP contribution in [0.1, 0.15) is 18.5 Å². The fraction of sp³-hybridized carbons (Fsp3) is 0.238. The Bertz CT molecular complexity index is 1210. The van der Waals surface area contributed by atoms with E-state index in [1.54, 1.807) is 10.4 Å². The molecule has 0 aliphatic rings. The molecule has 0 amide bonds. The van der Waals surface area contributed by atoms with Gasteiger partial charge in [-0.1, -0.05) is 30.3 Å². The van der Waals surface area contributed by atoms with Gasteiger partial charge in [0.25, 0.3) is 0 Å². The number of benzene rings is 2. The number of nitrogens with zero attached hydrogens (tertiary/aromatic N) is 4. The van der Waals surface area contributed by atoms with Crippen LogP contribution in [0.15, 0.2) is 58.8 Å². The Morgan fingerprint density at radius 2 is 2.00 bits per heavy atom. The maximum absolute atomic E-state index is 12.3. The molecule has 0 spiro atoms. The van der Waals surface area contributed by atoms with Crippen molar-refractivity contribution in [2.24, 2.45) is 0 Å². The minimum absolute atomic E-state index is 0.0578. The van der Waals surface area contributed by atoms with Gasteiger partial charge in [-0.3, -0.25) is 4.98 Å². The molecule has 160 valence electrons. The van der Waals surface area contributed by atoms with Crippen molar-refractivity contribution in [3.63, 3.8) is 0 Å². The molecule has 4 N–H and O–H groups in total. The highest BCUT2D eigenvalue weighted by molar-refractivity contribution is 7.16. The van der Waals surface area contributed by atoms with E-state index in [1.165, 1.54) is 11.3 Å². The molecule has 0 radical (unpaired) electrons. The summed E-state index contributed by atoms with van der Waals surface area (Å²) < 4.78 is 1.01. The molecule has 4 aromatic rings. The fourth-order valence-electron chi connectivity index (χ4n) is 3.24. The Morgan fingerprint density at radius 3 is 2.77 bits per heavy atom. The van der Waals surface area contributed by atoms with E-state index < -0.39 is 18.4 Å². The van der Waals surface area contributed by atoms with Crippen LogP contribution in [0.25, 0.3) is 10.2 Å². The zero-order valence-electron chi connectivity index (χ0n) is 16.8. The smallest absolute Gasteiger partial charge is 0.351 e. The van der Waals surface area contributed by atoms with Crippen molar-refractivity contribution in [2.45, 2.75) is 19.1 Å². The molecule has 31 heavy (non-hydrogen) atoms. The Balaban J connectivity index is 1.67. The highest BCUT2D eigenvalue weighted by atomic mass is 32.1. The number of aliphatic hydroxyl groups excluding tert-OH is 2. The minimum atomic E-state index is -1.01. The van der Waals surface area contributed by atoms with Crippen LogP contribution in [0.5, 0.6) is 0 Å². The average molecular weight is 439 g/mol. The van der Waals surface area contributed by atoms with Crippen molar-refractivity contribution < 1.29 is 10.2 Å². The lowest BCUT2D eigenvalue weighted by Gasteiger charge is -2.31. The third-order valence-electron chi connectivity index (χ3n) is 4.86. The Hall–Kier alpha value is -3.34. The molecule has 4 rings (SSSR count). The second-order valence-electron chi connectivity index (χ2n) is 7.04. The van der Waals surface area contributed by atoms with Crippen LogP contribution in [0.3, 0.4) is 0 Å². The van der Waals surface area contributed by atoms with Gasteiger partial charge >= 0.3 is 5.69 Å². The van der Waals surface area contributed by atoms with Crippen LogP contribution >= 0.6 is 11.3 Å².